The molecule has 180 valence electrons. The number of carbonyl (C=O) groups excluding carboxylic acids is 2. The van der Waals surface area contributed by atoms with Gasteiger partial charge in [-0.3, -0.25) is 9.59 Å². The molecule has 1 heterocycles. The van der Waals surface area contributed by atoms with E-state index in [9.17, 15) is 9.59 Å². The van der Waals surface area contributed by atoms with Gasteiger partial charge in [0.25, 0.3) is 5.91 Å². The van der Waals surface area contributed by atoms with Gasteiger partial charge in [-0.25, -0.2) is 0 Å². The topological polar surface area (TPSA) is 98.1 Å². The number of aryl methyl sites for hydroxylation is 1. The molecule has 33 heavy (non-hydrogen) atoms. The fraction of sp³-hybridized carbons (Fsp3) is 0.583. The Kier molecular flexibility index (Phi) is 9.60. The highest BCUT2D eigenvalue weighted by molar-refractivity contribution is 7.99. The van der Waals surface area contributed by atoms with Gasteiger partial charge in [-0.05, 0) is 50.8 Å². The molecule has 0 saturated heterocycles. The maximum atomic E-state index is 12.5. The van der Waals surface area contributed by atoms with Crippen LogP contribution in [-0.4, -0.2) is 44.5 Å². The molecule has 0 spiro atoms. The fourth-order valence-electron chi connectivity index (χ4n) is 3.89. The first kappa shape index (κ1) is 25.1. The first-order valence-corrected chi connectivity index (χ1v) is 12.9. The molecule has 2 aromatic rings. The SMILES string of the molecule is CCc1ccc(O[C@@H](C)C(=O)NCc2nnc(SCC(=O)NC3CCCCC3)n2CC)cc1. The molecule has 2 amide bonds. The standard InChI is InChI=1S/C24H35N5O3S/c1-4-18-11-13-20(14-12-18)32-17(3)23(31)25-15-21-27-28-24(29(21)5-2)33-16-22(30)26-19-9-7-6-8-10-19/h11-14,17,19H,4-10,15-16H2,1-3H3,(H,25,31)(H,26,30)/t17-/m0/s1. The van der Waals surface area contributed by atoms with Gasteiger partial charge < -0.3 is 19.9 Å². The number of nitrogens with zero attached hydrogens (tertiary/aromatic N) is 3. The van der Waals surface area contributed by atoms with Crippen LogP contribution in [0.15, 0.2) is 29.4 Å². The summed E-state index contributed by atoms with van der Waals surface area (Å²) in [6, 6.07) is 8.06. The minimum atomic E-state index is -0.632. The van der Waals surface area contributed by atoms with Crippen LogP contribution in [-0.2, 0) is 29.1 Å². The van der Waals surface area contributed by atoms with Crippen LogP contribution in [0.2, 0.25) is 0 Å². The van der Waals surface area contributed by atoms with Gasteiger partial charge in [-0.15, -0.1) is 10.2 Å². The third kappa shape index (κ3) is 7.48. The number of rotatable bonds is 11. The molecule has 1 aliphatic carbocycles. The zero-order valence-electron chi connectivity index (χ0n) is 19.8. The number of benzene rings is 1. The van der Waals surface area contributed by atoms with Gasteiger partial charge in [0.2, 0.25) is 5.91 Å². The van der Waals surface area contributed by atoms with Crippen molar-refractivity contribution in [1.82, 2.24) is 25.4 Å². The average molecular weight is 474 g/mol. The number of ether oxygens (including phenoxy) is 1. The number of hydrogen-bond donors (Lipinski definition) is 2. The van der Waals surface area contributed by atoms with Crippen molar-refractivity contribution in [1.29, 1.82) is 0 Å². The van der Waals surface area contributed by atoms with Crippen molar-refractivity contribution in [3.8, 4) is 5.75 Å². The molecule has 1 fully saturated rings. The van der Waals surface area contributed by atoms with Crippen molar-refractivity contribution in [3.05, 3.63) is 35.7 Å². The molecule has 8 nitrogen and oxygen atoms in total. The van der Waals surface area contributed by atoms with E-state index >= 15 is 0 Å². The molecule has 1 saturated carbocycles. The molecule has 2 N–H and O–H groups in total. The highest BCUT2D eigenvalue weighted by Crippen LogP contribution is 2.20. The molecular formula is C24H35N5O3S. The Morgan fingerprint density at radius 2 is 1.88 bits per heavy atom. The summed E-state index contributed by atoms with van der Waals surface area (Å²) in [6.07, 6.45) is 6.09. The van der Waals surface area contributed by atoms with E-state index in [1.165, 1.54) is 36.6 Å². The van der Waals surface area contributed by atoms with E-state index in [0.29, 0.717) is 35.1 Å². The van der Waals surface area contributed by atoms with E-state index in [1.807, 2.05) is 35.8 Å². The lowest BCUT2D eigenvalue weighted by molar-refractivity contribution is -0.127. The third-order valence-electron chi connectivity index (χ3n) is 5.85. The molecule has 0 radical (unpaired) electrons. The summed E-state index contributed by atoms with van der Waals surface area (Å²) in [7, 11) is 0. The molecule has 1 aliphatic rings. The number of nitrogens with one attached hydrogen (secondary N) is 2. The Morgan fingerprint density at radius 1 is 1.15 bits per heavy atom. The first-order valence-electron chi connectivity index (χ1n) is 11.9. The number of thioether (sulfide) groups is 1. The van der Waals surface area contributed by atoms with Crippen molar-refractivity contribution in [2.24, 2.45) is 0 Å². The Bertz CT molecular complexity index is 909. The molecule has 0 aliphatic heterocycles. The van der Waals surface area contributed by atoms with E-state index < -0.39 is 6.10 Å². The summed E-state index contributed by atoms with van der Waals surface area (Å²) in [6.45, 7) is 6.71. The van der Waals surface area contributed by atoms with Gasteiger partial charge in [0.05, 0.1) is 12.3 Å². The molecule has 0 bridgehead atoms. The second-order valence-electron chi connectivity index (χ2n) is 8.31. The highest BCUT2D eigenvalue weighted by atomic mass is 32.2. The Morgan fingerprint density at radius 3 is 2.55 bits per heavy atom. The number of amides is 2. The van der Waals surface area contributed by atoms with E-state index in [4.69, 9.17) is 4.74 Å². The van der Waals surface area contributed by atoms with Gasteiger partial charge in [-0.1, -0.05) is 50.1 Å². The van der Waals surface area contributed by atoms with Gasteiger partial charge in [0, 0.05) is 12.6 Å². The van der Waals surface area contributed by atoms with Gasteiger partial charge in [0.1, 0.15) is 5.75 Å². The van der Waals surface area contributed by atoms with Crippen LogP contribution in [0.3, 0.4) is 0 Å². The van der Waals surface area contributed by atoms with Crippen LogP contribution in [0, 0.1) is 0 Å². The number of hydrogen-bond acceptors (Lipinski definition) is 6. The monoisotopic (exact) mass is 473 g/mol. The molecule has 1 atom stereocenters. The van der Waals surface area contributed by atoms with E-state index in [2.05, 4.69) is 27.8 Å². The molecule has 1 aromatic heterocycles. The largest absolute Gasteiger partial charge is 0.481 e. The van der Waals surface area contributed by atoms with Crippen LogP contribution < -0.4 is 15.4 Å². The molecule has 3 rings (SSSR count). The fourth-order valence-corrected chi connectivity index (χ4v) is 4.72. The summed E-state index contributed by atoms with van der Waals surface area (Å²) < 4.78 is 7.67. The summed E-state index contributed by atoms with van der Waals surface area (Å²) in [5.74, 6) is 1.44. The summed E-state index contributed by atoms with van der Waals surface area (Å²) >= 11 is 1.37. The van der Waals surface area contributed by atoms with E-state index in [0.717, 1.165) is 19.3 Å². The number of carbonyl (C=O) groups is 2. The van der Waals surface area contributed by atoms with Crippen molar-refractivity contribution in [2.45, 2.75) is 89.7 Å². The summed E-state index contributed by atoms with van der Waals surface area (Å²) in [5.41, 5.74) is 1.22. The summed E-state index contributed by atoms with van der Waals surface area (Å²) in [5, 5.41) is 15.1. The maximum absolute atomic E-state index is 12.5. The normalized spacial score (nSPS) is 15.1. The van der Waals surface area contributed by atoms with Crippen molar-refractivity contribution in [3.63, 3.8) is 0 Å². The van der Waals surface area contributed by atoms with Crippen LogP contribution >= 0.6 is 11.8 Å². The van der Waals surface area contributed by atoms with Crippen molar-refractivity contribution in [2.75, 3.05) is 5.75 Å². The Labute approximate surface area is 200 Å². The maximum Gasteiger partial charge on any atom is 0.261 e. The molecule has 1 aromatic carbocycles. The predicted octanol–water partition coefficient (Wildman–Crippen LogP) is 3.49. The minimum absolute atomic E-state index is 0.0327. The van der Waals surface area contributed by atoms with Gasteiger partial charge >= 0.3 is 0 Å². The van der Waals surface area contributed by atoms with Gasteiger partial charge in [0.15, 0.2) is 17.1 Å². The smallest absolute Gasteiger partial charge is 0.261 e. The second kappa shape index (κ2) is 12.6. The number of aromatic nitrogens is 3. The molecular weight excluding hydrogens is 438 g/mol. The van der Waals surface area contributed by atoms with Crippen molar-refractivity contribution < 1.29 is 14.3 Å². The van der Waals surface area contributed by atoms with Gasteiger partial charge in [-0.2, -0.15) is 0 Å². The zero-order chi connectivity index (χ0) is 23.6. The van der Waals surface area contributed by atoms with Crippen molar-refractivity contribution >= 4 is 23.6 Å². The minimum Gasteiger partial charge on any atom is -0.481 e. The van der Waals surface area contributed by atoms with Crippen LogP contribution in [0.4, 0.5) is 0 Å². The lowest BCUT2D eigenvalue weighted by Gasteiger charge is -2.22. The van der Waals surface area contributed by atoms with E-state index in [-0.39, 0.29) is 18.4 Å². The highest BCUT2D eigenvalue weighted by Gasteiger charge is 2.19. The molecule has 0 unspecified atom stereocenters. The van der Waals surface area contributed by atoms with Crippen LogP contribution in [0.1, 0.15) is 64.3 Å². The first-order chi connectivity index (χ1) is 16.0. The second-order valence-corrected chi connectivity index (χ2v) is 9.25. The third-order valence-corrected chi connectivity index (χ3v) is 6.81. The predicted molar refractivity (Wildman–Crippen MR) is 129 cm³/mol. The lowest BCUT2D eigenvalue weighted by Crippen LogP contribution is -2.37. The zero-order valence-corrected chi connectivity index (χ0v) is 20.6. The Hall–Kier alpha value is -2.55. The Balaban J connectivity index is 1.47. The van der Waals surface area contributed by atoms with E-state index in [1.54, 1.807) is 6.92 Å². The average Bonchev–Trinajstić information content (AvgIpc) is 3.24. The summed E-state index contributed by atoms with van der Waals surface area (Å²) in [4.78, 5) is 24.8. The van der Waals surface area contributed by atoms with Crippen LogP contribution in [0.5, 0.6) is 5.75 Å². The van der Waals surface area contributed by atoms with Crippen LogP contribution in [0.25, 0.3) is 0 Å². The molecule has 9 heteroatoms. The quantitative estimate of drug-likeness (QED) is 0.485. The lowest BCUT2D eigenvalue weighted by atomic mass is 9.95.